The van der Waals surface area contributed by atoms with E-state index >= 15 is 0 Å². The molecule has 3 aromatic rings. The fourth-order valence-electron chi connectivity index (χ4n) is 4.65. The van der Waals surface area contributed by atoms with Gasteiger partial charge in [0.25, 0.3) is 0 Å². The first kappa shape index (κ1) is 19.7. The van der Waals surface area contributed by atoms with Gasteiger partial charge in [-0.3, -0.25) is 9.20 Å². The van der Waals surface area contributed by atoms with Gasteiger partial charge in [-0.2, -0.15) is 0 Å². The van der Waals surface area contributed by atoms with Gasteiger partial charge in [0.1, 0.15) is 17.9 Å². The largest absolute Gasteiger partial charge is 0.493 e. The molecule has 5 rings (SSSR count). The van der Waals surface area contributed by atoms with Gasteiger partial charge in [-0.25, -0.2) is 9.37 Å². The average Bonchev–Trinajstić information content (AvgIpc) is 3.37. The second-order valence-electron chi connectivity index (χ2n) is 8.15. The van der Waals surface area contributed by atoms with Gasteiger partial charge in [-0.05, 0) is 37.3 Å². The van der Waals surface area contributed by atoms with Crippen LogP contribution in [0.1, 0.15) is 48.8 Å². The van der Waals surface area contributed by atoms with Crippen molar-refractivity contribution in [3.05, 3.63) is 47.2 Å². The number of likely N-dealkylation sites (tertiary alicyclic amines) is 1. The molecule has 1 unspecified atom stereocenters. The molecule has 1 amide bonds. The van der Waals surface area contributed by atoms with Crippen molar-refractivity contribution < 1.29 is 13.9 Å². The van der Waals surface area contributed by atoms with E-state index in [2.05, 4.69) is 20.5 Å². The van der Waals surface area contributed by atoms with Crippen LogP contribution in [0.15, 0.2) is 24.7 Å². The summed E-state index contributed by atoms with van der Waals surface area (Å²) in [6.07, 6.45) is 6.97. The van der Waals surface area contributed by atoms with Crippen LogP contribution in [0.3, 0.4) is 0 Å². The number of nitrogens with one attached hydrogen (secondary N) is 1. The molecule has 0 bridgehead atoms. The molecule has 9 heteroatoms. The van der Waals surface area contributed by atoms with Crippen LogP contribution in [0.5, 0.6) is 5.75 Å². The minimum Gasteiger partial charge on any atom is -0.493 e. The topological polar surface area (TPSA) is 84.7 Å². The Morgan fingerprint density at radius 2 is 2.23 bits per heavy atom. The fourth-order valence-corrected chi connectivity index (χ4v) is 4.65. The quantitative estimate of drug-likeness (QED) is 0.693. The van der Waals surface area contributed by atoms with Crippen LogP contribution in [-0.2, 0) is 17.8 Å². The molecule has 2 aliphatic heterocycles. The highest BCUT2D eigenvalue weighted by atomic mass is 19.1. The molecule has 4 heterocycles. The van der Waals surface area contributed by atoms with Gasteiger partial charge in [-0.15, -0.1) is 10.2 Å². The number of halogens is 1. The second kappa shape index (κ2) is 8.13. The SMILES string of the molecule is CC(=O)N1CCCC(c2cnc(NCc3c(F)ccc4c3CCO4)n3cnnc23)CC1. The Bertz CT molecular complexity index is 1130. The van der Waals surface area contributed by atoms with E-state index in [1.54, 1.807) is 19.3 Å². The van der Waals surface area contributed by atoms with Gasteiger partial charge >= 0.3 is 0 Å². The number of ether oxygens (including phenoxy) is 1. The standard InChI is InChI=1S/C22H25FN6O2/c1-14(30)28-8-2-3-15(6-9-28)17-11-24-22(29-13-26-27-21(17)29)25-12-18-16-7-10-31-20(16)5-4-19(18)23/h4-5,11,13,15H,2-3,6-10,12H2,1H3,(H,24,25). The number of carbonyl (C=O) groups is 1. The lowest BCUT2D eigenvalue weighted by molar-refractivity contribution is -0.128. The van der Waals surface area contributed by atoms with Crippen LogP contribution in [0.4, 0.5) is 10.3 Å². The molecule has 31 heavy (non-hydrogen) atoms. The maximum atomic E-state index is 14.5. The molecule has 0 saturated carbocycles. The van der Waals surface area contributed by atoms with Crippen LogP contribution in [-0.4, -0.2) is 50.1 Å². The van der Waals surface area contributed by atoms with E-state index in [9.17, 15) is 9.18 Å². The summed E-state index contributed by atoms with van der Waals surface area (Å²) in [4.78, 5) is 18.3. The summed E-state index contributed by atoms with van der Waals surface area (Å²) in [6.45, 7) is 4.03. The average molecular weight is 424 g/mol. The minimum absolute atomic E-state index is 0.121. The molecule has 1 fully saturated rings. The summed E-state index contributed by atoms with van der Waals surface area (Å²) >= 11 is 0. The number of fused-ring (bicyclic) bond motifs is 2. The maximum Gasteiger partial charge on any atom is 0.219 e. The minimum atomic E-state index is -0.248. The van der Waals surface area contributed by atoms with E-state index in [0.29, 0.717) is 31.1 Å². The molecule has 0 spiro atoms. The van der Waals surface area contributed by atoms with Gasteiger partial charge < -0.3 is 15.0 Å². The Kier molecular flexibility index (Phi) is 5.17. The zero-order valence-corrected chi connectivity index (χ0v) is 17.5. The second-order valence-corrected chi connectivity index (χ2v) is 8.15. The first-order valence-electron chi connectivity index (χ1n) is 10.7. The van der Waals surface area contributed by atoms with Gasteiger partial charge in [0.15, 0.2) is 5.65 Å². The number of hydrogen-bond donors (Lipinski definition) is 1. The molecule has 1 aromatic carbocycles. The van der Waals surface area contributed by atoms with Crippen molar-refractivity contribution in [2.45, 2.75) is 45.1 Å². The van der Waals surface area contributed by atoms with Crippen molar-refractivity contribution >= 4 is 17.5 Å². The van der Waals surface area contributed by atoms with Crippen molar-refractivity contribution in [2.75, 3.05) is 25.0 Å². The third-order valence-electron chi connectivity index (χ3n) is 6.34. The Morgan fingerprint density at radius 3 is 3.10 bits per heavy atom. The van der Waals surface area contributed by atoms with E-state index < -0.39 is 0 Å². The summed E-state index contributed by atoms with van der Waals surface area (Å²) in [6, 6.07) is 3.13. The van der Waals surface area contributed by atoms with Gasteiger partial charge in [0.05, 0.1) is 6.61 Å². The van der Waals surface area contributed by atoms with Crippen LogP contribution in [0, 0.1) is 5.82 Å². The van der Waals surface area contributed by atoms with Gasteiger partial charge in [0, 0.05) is 55.9 Å². The van der Waals surface area contributed by atoms with Gasteiger partial charge in [0.2, 0.25) is 11.9 Å². The number of aromatic nitrogens is 4. The molecule has 1 N–H and O–H groups in total. The zero-order chi connectivity index (χ0) is 21.4. The molecule has 2 aliphatic rings. The first-order valence-corrected chi connectivity index (χ1v) is 10.7. The summed E-state index contributed by atoms with van der Waals surface area (Å²) in [7, 11) is 0. The number of benzene rings is 1. The van der Waals surface area contributed by atoms with E-state index in [0.717, 1.165) is 54.9 Å². The predicted octanol–water partition coefficient (Wildman–Crippen LogP) is 2.93. The highest BCUT2D eigenvalue weighted by Crippen LogP contribution is 2.32. The maximum absolute atomic E-state index is 14.5. The number of carbonyl (C=O) groups excluding carboxylic acids is 1. The number of anilines is 1. The van der Waals surface area contributed by atoms with Crippen molar-refractivity contribution in [3.8, 4) is 5.75 Å². The lowest BCUT2D eigenvalue weighted by Crippen LogP contribution is -2.29. The molecule has 1 saturated heterocycles. The zero-order valence-electron chi connectivity index (χ0n) is 17.5. The van der Waals surface area contributed by atoms with Crippen molar-refractivity contribution in [1.82, 2.24) is 24.5 Å². The molecule has 2 aromatic heterocycles. The smallest absolute Gasteiger partial charge is 0.219 e. The van der Waals surface area contributed by atoms with E-state index in [-0.39, 0.29) is 17.6 Å². The van der Waals surface area contributed by atoms with Crippen LogP contribution in [0.25, 0.3) is 5.65 Å². The van der Waals surface area contributed by atoms with Crippen LogP contribution >= 0.6 is 0 Å². The first-order chi connectivity index (χ1) is 15.1. The lowest BCUT2D eigenvalue weighted by atomic mass is 9.94. The summed E-state index contributed by atoms with van der Waals surface area (Å²) in [5.41, 5.74) is 3.31. The number of rotatable bonds is 4. The number of hydrogen-bond acceptors (Lipinski definition) is 6. The van der Waals surface area contributed by atoms with Crippen molar-refractivity contribution in [3.63, 3.8) is 0 Å². The van der Waals surface area contributed by atoms with Crippen molar-refractivity contribution in [2.24, 2.45) is 0 Å². The Hall–Kier alpha value is -3.23. The predicted molar refractivity (Wildman–Crippen MR) is 113 cm³/mol. The Balaban J connectivity index is 1.39. The van der Waals surface area contributed by atoms with Gasteiger partial charge in [-0.1, -0.05) is 0 Å². The Labute approximate surface area is 179 Å². The highest BCUT2D eigenvalue weighted by Gasteiger charge is 2.24. The molecular weight excluding hydrogens is 399 g/mol. The summed E-state index contributed by atoms with van der Waals surface area (Å²) < 4.78 is 21.8. The van der Waals surface area contributed by atoms with Crippen molar-refractivity contribution in [1.29, 1.82) is 0 Å². The van der Waals surface area contributed by atoms with Crippen LogP contribution < -0.4 is 10.1 Å². The van der Waals surface area contributed by atoms with E-state index in [1.165, 1.54) is 6.07 Å². The van der Waals surface area contributed by atoms with Crippen LogP contribution in [0.2, 0.25) is 0 Å². The summed E-state index contributed by atoms with van der Waals surface area (Å²) in [5, 5.41) is 11.7. The molecule has 1 atom stereocenters. The molecule has 162 valence electrons. The number of amides is 1. The normalized spacial score (nSPS) is 18.5. The monoisotopic (exact) mass is 424 g/mol. The molecule has 8 nitrogen and oxygen atoms in total. The van der Waals surface area contributed by atoms with E-state index in [4.69, 9.17) is 4.74 Å². The van der Waals surface area contributed by atoms with E-state index in [1.807, 2.05) is 15.5 Å². The third-order valence-corrected chi connectivity index (χ3v) is 6.34. The molecular formula is C22H25FN6O2. The fraction of sp³-hybridized carbons (Fsp3) is 0.455. The summed E-state index contributed by atoms with van der Waals surface area (Å²) in [5.74, 6) is 1.46. The molecule has 0 aliphatic carbocycles. The highest BCUT2D eigenvalue weighted by molar-refractivity contribution is 5.73. The number of nitrogens with zero attached hydrogens (tertiary/aromatic N) is 5. The molecule has 0 radical (unpaired) electrons. The Morgan fingerprint density at radius 1 is 1.32 bits per heavy atom. The third kappa shape index (κ3) is 3.68. The lowest BCUT2D eigenvalue weighted by Gasteiger charge is -2.19.